The predicted octanol–water partition coefficient (Wildman–Crippen LogP) is 0.241. The van der Waals surface area contributed by atoms with Crippen molar-refractivity contribution in [1.29, 1.82) is 0 Å². The molecule has 70 valence electrons. The van der Waals surface area contributed by atoms with Gasteiger partial charge in [-0.25, -0.2) is 9.97 Å². The molecule has 0 saturated carbocycles. The van der Waals surface area contributed by atoms with Crippen LogP contribution in [0.3, 0.4) is 0 Å². The monoisotopic (exact) mass is 178 g/mol. The lowest BCUT2D eigenvalue weighted by molar-refractivity contribution is 0.508. The minimum atomic E-state index is 0.296. The topological polar surface area (TPSA) is 55.0 Å². The standard InChI is InChI=1S/C9H14N4/c1-6-3-7(2)12-9(11-6)13-4-8(10)5-13/h3,8H,4-5,10H2,1-2H3. The van der Waals surface area contributed by atoms with Crippen molar-refractivity contribution in [3.63, 3.8) is 0 Å². The van der Waals surface area contributed by atoms with Gasteiger partial charge in [-0.2, -0.15) is 0 Å². The minimum absolute atomic E-state index is 0.296. The number of nitrogens with zero attached hydrogens (tertiary/aromatic N) is 3. The van der Waals surface area contributed by atoms with Gasteiger partial charge in [-0.3, -0.25) is 0 Å². The quantitative estimate of drug-likeness (QED) is 0.669. The van der Waals surface area contributed by atoms with E-state index in [1.807, 2.05) is 19.9 Å². The second kappa shape index (κ2) is 2.96. The van der Waals surface area contributed by atoms with Crippen LogP contribution in [-0.4, -0.2) is 29.1 Å². The highest BCUT2D eigenvalue weighted by Gasteiger charge is 2.25. The van der Waals surface area contributed by atoms with Gasteiger partial charge >= 0.3 is 0 Å². The minimum Gasteiger partial charge on any atom is -0.338 e. The van der Waals surface area contributed by atoms with Crippen LogP contribution in [0.2, 0.25) is 0 Å². The van der Waals surface area contributed by atoms with Gasteiger partial charge in [0.15, 0.2) is 0 Å². The molecule has 0 bridgehead atoms. The van der Waals surface area contributed by atoms with Gasteiger partial charge in [-0.15, -0.1) is 0 Å². The van der Waals surface area contributed by atoms with E-state index in [1.54, 1.807) is 0 Å². The number of rotatable bonds is 1. The van der Waals surface area contributed by atoms with Crippen molar-refractivity contribution in [2.75, 3.05) is 18.0 Å². The molecule has 1 aliphatic heterocycles. The lowest BCUT2D eigenvalue weighted by Gasteiger charge is -2.36. The molecule has 2 N–H and O–H groups in total. The Balaban J connectivity index is 2.21. The molecular formula is C9H14N4. The van der Waals surface area contributed by atoms with E-state index in [4.69, 9.17) is 5.73 Å². The maximum atomic E-state index is 5.69. The van der Waals surface area contributed by atoms with E-state index in [0.717, 1.165) is 30.4 Å². The van der Waals surface area contributed by atoms with Gasteiger partial charge in [0.25, 0.3) is 0 Å². The Morgan fingerprint density at radius 1 is 1.31 bits per heavy atom. The van der Waals surface area contributed by atoms with Gasteiger partial charge in [0.1, 0.15) is 0 Å². The van der Waals surface area contributed by atoms with E-state index in [9.17, 15) is 0 Å². The predicted molar refractivity (Wildman–Crippen MR) is 51.7 cm³/mol. The Hall–Kier alpha value is -1.16. The van der Waals surface area contributed by atoms with Crippen LogP contribution in [0, 0.1) is 13.8 Å². The van der Waals surface area contributed by atoms with E-state index >= 15 is 0 Å². The van der Waals surface area contributed by atoms with Crippen LogP contribution >= 0.6 is 0 Å². The number of hydrogen-bond acceptors (Lipinski definition) is 4. The van der Waals surface area contributed by atoms with Crippen molar-refractivity contribution in [3.05, 3.63) is 17.5 Å². The maximum absolute atomic E-state index is 5.69. The molecule has 0 amide bonds. The molecule has 1 aromatic heterocycles. The molecule has 1 saturated heterocycles. The first-order valence-corrected chi connectivity index (χ1v) is 4.48. The summed E-state index contributed by atoms with van der Waals surface area (Å²) in [7, 11) is 0. The smallest absolute Gasteiger partial charge is 0.225 e. The van der Waals surface area contributed by atoms with Crippen molar-refractivity contribution in [2.24, 2.45) is 5.73 Å². The van der Waals surface area contributed by atoms with Crippen molar-refractivity contribution >= 4 is 5.95 Å². The fourth-order valence-electron chi connectivity index (χ4n) is 1.52. The normalized spacial score (nSPS) is 17.3. The SMILES string of the molecule is Cc1cc(C)nc(N2CC(N)C2)n1. The Morgan fingerprint density at radius 3 is 2.31 bits per heavy atom. The summed E-state index contributed by atoms with van der Waals surface area (Å²) in [6, 6.07) is 2.27. The second-order valence-corrected chi connectivity index (χ2v) is 3.62. The number of hydrogen-bond donors (Lipinski definition) is 1. The first-order chi connectivity index (χ1) is 6.15. The third kappa shape index (κ3) is 1.62. The average molecular weight is 178 g/mol. The molecule has 0 aliphatic carbocycles. The van der Waals surface area contributed by atoms with Gasteiger partial charge in [0, 0.05) is 30.5 Å². The third-order valence-corrected chi connectivity index (χ3v) is 2.16. The highest BCUT2D eigenvalue weighted by Crippen LogP contribution is 2.15. The Kier molecular flexibility index (Phi) is 1.92. The zero-order valence-corrected chi connectivity index (χ0v) is 7.99. The summed E-state index contributed by atoms with van der Waals surface area (Å²) < 4.78 is 0. The largest absolute Gasteiger partial charge is 0.338 e. The molecule has 0 atom stereocenters. The number of anilines is 1. The van der Waals surface area contributed by atoms with Gasteiger partial charge in [-0.1, -0.05) is 0 Å². The molecule has 1 fully saturated rings. The lowest BCUT2D eigenvalue weighted by atomic mass is 10.1. The molecule has 0 radical (unpaired) electrons. The van der Waals surface area contributed by atoms with Crippen LogP contribution < -0.4 is 10.6 Å². The van der Waals surface area contributed by atoms with E-state index < -0.39 is 0 Å². The number of aromatic nitrogens is 2. The van der Waals surface area contributed by atoms with Crippen LogP contribution in [0.5, 0.6) is 0 Å². The number of aryl methyl sites for hydroxylation is 2. The highest BCUT2D eigenvalue weighted by molar-refractivity contribution is 5.36. The molecule has 1 aliphatic rings. The van der Waals surface area contributed by atoms with Crippen molar-refractivity contribution in [2.45, 2.75) is 19.9 Å². The van der Waals surface area contributed by atoms with Gasteiger partial charge < -0.3 is 10.6 Å². The molecule has 2 rings (SSSR count). The highest BCUT2D eigenvalue weighted by atomic mass is 15.3. The van der Waals surface area contributed by atoms with Crippen molar-refractivity contribution in [1.82, 2.24) is 9.97 Å². The molecule has 1 aromatic rings. The van der Waals surface area contributed by atoms with Crippen LogP contribution in [0.15, 0.2) is 6.07 Å². The van der Waals surface area contributed by atoms with Crippen LogP contribution in [0.4, 0.5) is 5.95 Å². The van der Waals surface area contributed by atoms with Crippen LogP contribution in [0.1, 0.15) is 11.4 Å². The van der Waals surface area contributed by atoms with Gasteiger partial charge in [0.2, 0.25) is 5.95 Å². The lowest BCUT2D eigenvalue weighted by Crippen LogP contribution is -2.56. The summed E-state index contributed by atoms with van der Waals surface area (Å²) in [5.41, 5.74) is 7.72. The Morgan fingerprint density at radius 2 is 1.85 bits per heavy atom. The zero-order valence-electron chi connectivity index (χ0n) is 7.99. The number of nitrogens with two attached hydrogens (primary N) is 1. The molecular weight excluding hydrogens is 164 g/mol. The van der Waals surface area contributed by atoms with Crippen LogP contribution in [-0.2, 0) is 0 Å². The molecule has 4 nitrogen and oxygen atoms in total. The Bertz CT molecular complexity index is 297. The second-order valence-electron chi connectivity index (χ2n) is 3.62. The van der Waals surface area contributed by atoms with Crippen molar-refractivity contribution in [3.8, 4) is 0 Å². The molecule has 0 spiro atoms. The summed E-state index contributed by atoms with van der Waals surface area (Å²) >= 11 is 0. The van der Waals surface area contributed by atoms with E-state index in [-0.39, 0.29) is 0 Å². The zero-order chi connectivity index (χ0) is 9.42. The first-order valence-electron chi connectivity index (χ1n) is 4.48. The van der Waals surface area contributed by atoms with E-state index in [0.29, 0.717) is 6.04 Å². The molecule has 13 heavy (non-hydrogen) atoms. The third-order valence-electron chi connectivity index (χ3n) is 2.16. The summed E-state index contributed by atoms with van der Waals surface area (Å²) in [4.78, 5) is 10.8. The van der Waals surface area contributed by atoms with E-state index in [1.165, 1.54) is 0 Å². The molecule has 2 heterocycles. The fraction of sp³-hybridized carbons (Fsp3) is 0.556. The summed E-state index contributed by atoms with van der Waals surface area (Å²) in [5.74, 6) is 0.819. The Labute approximate surface area is 77.8 Å². The summed E-state index contributed by atoms with van der Waals surface area (Å²) in [6.07, 6.45) is 0. The van der Waals surface area contributed by atoms with Gasteiger partial charge in [-0.05, 0) is 19.9 Å². The van der Waals surface area contributed by atoms with Gasteiger partial charge in [0.05, 0.1) is 0 Å². The van der Waals surface area contributed by atoms with Crippen LogP contribution in [0.25, 0.3) is 0 Å². The van der Waals surface area contributed by atoms with E-state index in [2.05, 4.69) is 14.9 Å². The molecule has 0 unspecified atom stereocenters. The van der Waals surface area contributed by atoms with Crippen molar-refractivity contribution < 1.29 is 0 Å². The first kappa shape index (κ1) is 8.44. The fourth-order valence-corrected chi connectivity index (χ4v) is 1.52. The maximum Gasteiger partial charge on any atom is 0.225 e. The molecule has 4 heteroatoms. The molecule has 0 aromatic carbocycles. The summed E-state index contributed by atoms with van der Waals surface area (Å²) in [6.45, 7) is 5.72. The summed E-state index contributed by atoms with van der Waals surface area (Å²) in [5, 5.41) is 0. The average Bonchev–Trinajstić information content (AvgIpc) is 1.96.